The molecule has 0 aromatic carbocycles. The van der Waals surface area contributed by atoms with Crippen LogP contribution in [0.1, 0.15) is 33.1 Å². The maximum Gasteiger partial charge on any atom is 0.323 e. The van der Waals surface area contributed by atoms with Gasteiger partial charge in [-0.05, 0) is 33.1 Å². The molecule has 0 heterocycles. The van der Waals surface area contributed by atoms with Gasteiger partial charge in [-0.25, -0.2) is 0 Å². The van der Waals surface area contributed by atoms with Crippen LogP contribution in [0.2, 0.25) is 0 Å². The predicted molar refractivity (Wildman–Crippen MR) is 56.4 cm³/mol. The van der Waals surface area contributed by atoms with Gasteiger partial charge in [0, 0.05) is 12.1 Å². The van der Waals surface area contributed by atoms with Crippen LogP contribution in [0.4, 0.5) is 0 Å². The third-order valence-electron chi connectivity index (χ3n) is 2.75. The molecular formula is C11H17NO3. The second-order valence-electron chi connectivity index (χ2n) is 3.83. The molecule has 0 saturated carbocycles. The summed E-state index contributed by atoms with van der Waals surface area (Å²) in [5.74, 6) is -1.06. The second kappa shape index (κ2) is 4.96. The van der Waals surface area contributed by atoms with Crippen molar-refractivity contribution in [1.29, 1.82) is 0 Å². The van der Waals surface area contributed by atoms with Crippen molar-refractivity contribution in [1.82, 2.24) is 4.90 Å². The molecule has 1 aliphatic carbocycles. The molecule has 15 heavy (non-hydrogen) atoms. The van der Waals surface area contributed by atoms with Crippen LogP contribution >= 0.6 is 0 Å². The highest BCUT2D eigenvalue weighted by Crippen LogP contribution is 2.26. The molecule has 0 fully saturated rings. The first-order valence-corrected chi connectivity index (χ1v) is 5.26. The lowest BCUT2D eigenvalue weighted by atomic mass is 10.1. The van der Waals surface area contributed by atoms with Crippen LogP contribution < -0.4 is 0 Å². The van der Waals surface area contributed by atoms with E-state index in [0.717, 1.165) is 30.4 Å². The van der Waals surface area contributed by atoms with Crippen LogP contribution in [0, 0.1) is 0 Å². The van der Waals surface area contributed by atoms with Crippen molar-refractivity contribution < 1.29 is 14.7 Å². The van der Waals surface area contributed by atoms with Crippen LogP contribution in [0.15, 0.2) is 11.1 Å². The summed E-state index contributed by atoms with van der Waals surface area (Å²) < 4.78 is 0. The van der Waals surface area contributed by atoms with Gasteiger partial charge in [0.1, 0.15) is 6.54 Å². The normalized spacial score (nSPS) is 15.6. The summed E-state index contributed by atoms with van der Waals surface area (Å²) in [4.78, 5) is 23.9. The van der Waals surface area contributed by atoms with Gasteiger partial charge in [-0.15, -0.1) is 0 Å². The predicted octanol–water partition coefficient (Wildman–Crippen LogP) is 1.42. The van der Waals surface area contributed by atoms with E-state index in [4.69, 9.17) is 5.11 Å². The smallest absolute Gasteiger partial charge is 0.323 e. The Bertz CT molecular complexity index is 307. The third-order valence-corrected chi connectivity index (χ3v) is 2.75. The molecule has 0 radical (unpaired) electrons. The minimum atomic E-state index is -0.957. The molecule has 1 amide bonds. The van der Waals surface area contributed by atoms with Gasteiger partial charge in [0.2, 0.25) is 5.91 Å². The van der Waals surface area contributed by atoms with Crippen molar-refractivity contribution in [3.05, 3.63) is 11.1 Å². The van der Waals surface area contributed by atoms with Gasteiger partial charge >= 0.3 is 5.97 Å². The number of allylic oxidation sites excluding steroid dienone is 1. The molecule has 0 aromatic rings. The van der Waals surface area contributed by atoms with Crippen molar-refractivity contribution in [2.24, 2.45) is 0 Å². The van der Waals surface area contributed by atoms with Crippen LogP contribution in [0.25, 0.3) is 0 Å². The minimum absolute atomic E-state index is 0.102. The largest absolute Gasteiger partial charge is 0.480 e. The Labute approximate surface area is 89.6 Å². The summed E-state index contributed by atoms with van der Waals surface area (Å²) in [5.41, 5.74) is 1.93. The van der Waals surface area contributed by atoms with E-state index >= 15 is 0 Å². The molecule has 1 aliphatic rings. The minimum Gasteiger partial charge on any atom is -0.480 e. The Morgan fingerprint density at radius 1 is 1.40 bits per heavy atom. The summed E-state index contributed by atoms with van der Waals surface area (Å²) in [6.07, 6.45) is 2.77. The van der Waals surface area contributed by atoms with Crippen molar-refractivity contribution in [2.75, 3.05) is 13.1 Å². The monoisotopic (exact) mass is 211 g/mol. The summed E-state index contributed by atoms with van der Waals surface area (Å²) in [6, 6.07) is 0. The topological polar surface area (TPSA) is 57.6 Å². The van der Waals surface area contributed by atoms with Gasteiger partial charge in [-0.1, -0.05) is 5.57 Å². The number of carboxylic acids is 1. The average Bonchev–Trinajstić information content (AvgIpc) is 2.59. The highest BCUT2D eigenvalue weighted by Gasteiger charge is 2.23. The second-order valence-corrected chi connectivity index (χ2v) is 3.83. The average molecular weight is 211 g/mol. The fourth-order valence-corrected chi connectivity index (χ4v) is 1.87. The van der Waals surface area contributed by atoms with E-state index in [9.17, 15) is 9.59 Å². The Morgan fingerprint density at radius 2 is 2.07 bits per heavy atom. The van der Waals surface area contributed by atoms with Crippen LogP contribution in [0.5, 0.6) is 0 Å². The maximum atomic E-state index is 11.9. The summed E-state index contributed by atoms with van der Waals surface area (Å²) in [5, 5.41) is 8.66. The first-order chi connectivity index (χ1) is 7.06. The number of carboxylic acid groups (broad SMARTS) is 1. The zero-order valence-electron chi connectivity index (χ0n) is 9.25. The lowest BCUT2D eigenvalue weighted by molar-refractivity contribution is -0.142. The number of carbonyl (C=O) groups excluding carboxylic acids is 1. The fourth-order valence-electron chi connectivity index (χ4n) is 1.87. The molecule has 0 aliphatic heterocycles. The number of hydrogen-bond donors (Lipinski definition) is 1. The van der Waals surface area contributed by atoms with Crippen molar-refractivity contribution in [3.8, 4) is 0 Å². The van der Waals surface area contributed by atoms with Gasteiger partial charge in [-0.3, -0.25) is 9.59 Å². The van der Waals surface area contributed by atoms with E-state index < -0.39 is 5.97 Å². The molecule has 0 bridgehead atoms. The van der Waals surface area contributed by atoms with Crippen molar-refractivity contribution in [3.63, 3.8) is 0 Å². The lowest BCUT2D eigenvalue weighted by Crippen LogP contribution is -2.36. The molecule has 84 valence electrons. The highest BCUT2D eigenvalue weighted by molar-refractivity contribution is 5.96. The van der Waals surface area contributed by atoms with Gasteiger partial charge < -0.3 is 10.0 Å². The SMILES string of the molecule is CCN(CC(=O)O)C(=O)C1=C(C)CCC1. The molecule has 1 rings (SSSR count). The number of aliphatic carboxylic acids is 1. The van der Waals surface area contributed by atoms with Crippen LogP contribution in [0.3, 0.4) is 0 Å². The molecular weight excluding hydrogens is 194 g/mol. The third kappa shape index (κ3) is 2.81. The van der Waals surface area contributed by atoms with E-state index in [1.54, 1.807) is 6.92 Å². The van der Waals surface area contributed by atoms with Crippen LogP contribution in [-0.2, 0) is 9.59 Å². The Kier molecular flexibility index (Phi) is 3.88. The Morgan fingerprint density at radius 3 is 2.47 bits per heavy atom. The van der Waals surface area contributed by atoms with Gasteiger partial charge in [-0.2, -0.15) is 0 Å². The zero-order valence-corrected chi connectivity index (χ0v) is 9.25. The molecule has 0 unspecified atom stereocenters. The number of rotatable bonds is 4. The van der Waals surface area contributed by atoms with Crippen molar-refractivity contribution >= 4 is 11.9 Å². The maximum absolute atomic E-state index is 11.9. The molecule has 1 N–H and O–H groups in total. The Balaban J connectivity index is 2.73. The van der Waals surface area contributed by atoms with E-state index in [-0.39, 0.29) is 12.5 Å². The molecule has 0 saturated heterocycles. The fraction of sp³-hybridized carbons (Fsp3) is 0.636. The first kappa shape index (κ1) is 11.8. The number of carbonyl (C=O) groups is 2. The molecule has 4 nitrogen and oxygen atoms in total. The number of nitrogens with zero attached hydrogens (tertiary/aromatic N) is 1. The zero-order chi connectivity index (χ0) is 11.4. The summed E-state index contributed by atoms with van der Waals surface area (Å²) in [7, 11) is 0. The molecule has 0 spiro atoms. The first-order valence-electron chi connectivity index (χ1n) is 5.26. The van der Waals surface area contributed by atoms with E-state index in [2.05, 4.69) is 0 Å². The number of amides is 1. The van der Waals surface area contributed by atoms with E-state index in [1.165, 1.54) is 4.90 Å². The lowest BCUT2D eigenvalue weighted by Gasteiger charge is -2.19. The summed E-state index contributed by atoms with van der Waals surface area (Å²) in [6.45, 7) is 3.99. The molecule has 0 aromatic heterocycles. The molecule has 4 heteroatoms. The summed E-state index contributed by atoms with van der Waals surface area (Å²) >= 11 is 0. The standard InChI is InChI=1S/C11H17NO3/c1-3-12(7-10(13)14)11(15)9-6-4-5-8(9)2/h3-7H2,1-2H3,(H,13,14). The van der Waals surface area contributed by atoms with Gasteiger partial charge in [0.25, 0.3) is 0 Å². The van der Waals surface area contributed by atoms with E-state index in [0.29, 0.717) is 6.54 Å². The quantitative estimate of drug-likeness (QED) is 0.765. The Hall–Kier alpha value is -1.32. The van der Waals surface area contributed by atoms with Gasteiger partial charge in [0.15, 0.2) is 0 Å². The van der Waals surface area contributed by atoms with Crippen LogP contribution in [-0.4, -0.2) is 35.0 Å². The number of likely N-dealkylation sites (N-methyl/N-ethyl adjacent to an activating group) is 1. The highest BCUT2D eigenvalue weighted by atomic mass is 16.4. The van der Waals surface area contributed by atoms with Crippen molar-refractivity contribution in [2.45, 2.75) is 33.1 Å². The molecule has 0 atom stereocenters. The van der Waals surface area contributed by atoms with Gasteiger partial charge in [0.05, 0.1) is 0 Å². The number of hydrogen-bond acceptors (Lipinski definition) is 2. The van der Waals surface area contributed by atoms with E-state index in [1.807, 2.05) is 6.92 Å².